The summed E-state index contributed by atoms with van der Waals surface area (Å²) < 4.78 is 1.58. The summed E-state index contributed by atoms with van der Waals surface area (Å²) in [6.45, 7) is 10.3. The van der Waals surface area contributed by atoms with E-state index in [1.165, 1.54) is 5.56 Å². The molecule has 0 saturated carbocycles. The van der Waals surface area contributed by atoms with Crippen LogP contribution in [0.4, 0.5) is 5.95 Å². The third-order valence-electron chi connectivity index (χ3n) is 5.55. The number of hydrogen-bond acceptors (Lipinski definition) is 4. The van der Waals surface area contributed by atoms with Gasteiger partial charge in [0.15, 0.2) is 0 Å². The van der Waals surface area contributed by atoms with E-state index >= 15 is 0 Å². The Morgan fingerprint density at radius 3 is 2.45 bits per heavy atom. The highest BCUT2D eigenvalue weighted by Gasteiger charge is 2.14. The highest BCUT2D eigenvalue weighted by atomic mass is 16.1. The van der Waals surface area contributed by atoms with E-state index < -0.39 is 0 Å². The van der Waals surface area contributed by atoms with Crippen molar-refractivity contribution in [1.82, 2.24) is 14.5 Å². The normalized spacial score (nSPS) is 12.0. The first-order valence-electron chi connectivity index (χ1n) is 10.4. The monoisotopic (exact) mass is 413 g/mol. The molecule has 0 aliphatic heterocycles. The Morgan fingerprint density at radius 2 is 1.81 bits per heavy atom. The highest BCUT2D eigenvalue weighted by molar-refractivity contribution is 6.01. The van der Waals surface area contributed by atoms with Crippen LogP contribution in [-0.4, -0.2) is 20.2 Å². The molecule has 2 heterocycles. The average Bonchev–Trinajstić information content (AvgIpc) is 3.10. The van der Waals surface area contributed by atoms with Gasteiger partial charge >= 0.3 is 0 Å². The van der Waals surface area contributed by atoms with Gasteiger partial charge in [-0.05, 0) is 62.1 Å². The van der Waals surface area contributed by atoms with Gasteiger partial charge in [0.05, 0.1) is 22.3 Å². The van der Waals surface area contributed by atoms with Gasteiger partial charge in [0, 0.05) is 17.5 Å². The largest absolute Gasteiger partial charge is 0.364 e. The summed E-state index contributed by atoms with van der Waals surface area (Å²) in [6.07, 6.45) is 1.96. The SMILES string of the molecule is C/C(=N\Nc1nc2ccccc2c(=O)n1-c1ccc(C(C)C)cc1)c1c(C)c[nH]c1C. The van der Waals surface area contributed by atoms with Crippen molar-refractivity contribution in [2.75, 3.05) is 5.43 Å². The van der Waals surface area contributed by atoms with Gasteiger partial charge in [-0.25, -0.2) is 15.0 Å². The fourth-order valence-corrected chi connectivity index (χ4v) is 3.86. The molecule has 4 rings (SSSR count). The van der Waals surface area contributed by atoms with E-state index in [1.807, 2.05) is 69.4 Å². The maximum atomic E-state index is 13.4. The van der Waals surface area contributed by atoms with Crippen LogP contribution in [0.1, 0.15) is 49.1 Å². The fraction of sp³-hybridized carbons (Fsp3) is 0.240. The van der Waals surface area contributed by atoms with Crippen LogP contribution < -0.4 is 11.0 Å². The number of hydrazone groups is 1. The van der Waals surface area contributed by atoms with Gasteiger partial charge in [-0.1, -0.05) is 38.1 Å². The quantitative estimate of drug-likeness (QED) is 0.345. The first kappa shape index (κ1) is 20.6. The molecule has 0 fully saturated rings. The van der Waals surface area contributed by atoms with Crippen LogP contribution in [0.3, 0.4) is 0 Å². The Kier molecular flexibility index (Phi) is 5.46. The number of fused-ring (bicyclic) bond motifs is 1. The van der Waals surface area contributed by atoms with Gasteiger partial charge in [0.25, 0.3) is 5.56 Å². The first-order valence-corrected chi connectivity index (χ1v) is 10.4. The van der Waals surface area contributed by atoms with Gasteiger partial charge < -0.3 is 4.98 Å². The summed E-state index contributed by atoms with van der Waals surface area (Å²) in [5.74, 6) is 0.796. The number of aryl methyl sites for hydroxylation is 2. The second-order valence-corrected chi connectivity index (χ2v) is 8.12. The van der Waals surface area contributed by atoms with Gasteiger partial charge in [0.1, 0.15) is 0 Å². The molecule has 0 saturated heterocycles. The molecule has 2 aromatic heterocycles. The second-order valence-electron chi connectivity index (χ2n) is 8.12. The number of aromatic nitrogens is 3. The average molecular weight is 414 g/mol. The van der Waals surface area contributed by atoms with Crippen LogP contribution in [-0.2, 0) is 0 Å². The van der Waals surface area contributed by atoms with Crippen LogP contribution >= 0.6 is 0 Å². The van der Waals surface area contributed by atoms with E-state index in [0.29, 0.717) is 22.8 Å². The molecule has 0 bridgehead atoms. The van der Waals surface area contributed by atoms with Crippen molar-refractivity contribution in [3.05, 3.63) is 87.5 Å². The lowest BCUT2D eigenvalue weighted by Crippen LogP contribution is -2.23. The highest BCUT2D eigenvalue weighted by Crippen LogP contribution is 2.20. The smallest absolute Gasteiger partial charge is 0.267 e. The van der Waals surface area contributed by atoms with Crippen molar-refractivity contribution < 1.29 is 0 Å². The number of H-pyrrole nitrogens is 1. The summed E-state index contributed by atoms with van der Waals surface area (Å²) in [5.41, 5.74) is 9.56. The van der Waals surface area contributed by atoms with Crippen LogP contribution in [0.5, 0.6) is 0 Å². The maximum Gasteiger partial charge on any atom is 0.267 e. The molecular formula is C25H27N5O. The Labute approximate surface area is 181 Å². The minimum absolute atomic E-state index is 0.132. The Balaban J connectivity index is 1.85. The lowest BCUT2D eigenvalue weighted by molar-refractivity contribution is 0.863. The van der Waals surface area contributed by atoms with Crippen molar-refractivity contribution in [2.24, 2.45) is 5.10 Å². The number of nitrogens with zero attached hydrogens (tertiary/aromatic N) is 3. The molecule has 6 heteroatoms. The Bertz CT molecular complexity index is 1310. The van der Waals surface area contributed by atoms with Crippen molar-refractivity contribution in [2.45, 2.75) is 40.5 Å². The van der Waals surface area contributed by atoms with Crippen molar-refractivity contribution in [3.8, 4) is 5.69 Å². The molecule has 158 valence electrons. The molecule has 31 heavy (non-hydrogen) atoms. The van der Waals surface area contributed by atoms with Crippen LogP contribution in [0.2, 0.25) is 0 Å². The van der Waals surface area contributed by atoms with Crippen LogP contribution in [0.15, 0.2) is 64.6 Å². The zero-order chi connectivity index (χ0) is 22.1. The van der Waals surface area contributed by atoms with Crippen molar-refractivity contribution in [3.63, 3.8) is 0 Å². The topological polar surface area (TPSA) is 75.1 Å². The second kappa shape index (κ2) is 8.22. The molecule has 0 unspecified atom stereocenters. The number of hydrogen-bond donors (Lipinski definition) is 2. The van der Waals surface area contributed by atoms with E-state index in [1.54, 1.807) is 10.6 Å². The standard InChI is InChI=1S/C25H27N5O/c1-15(2)19-10-12-20(13-11-19)30-24(31)21-8-6-7-9-22(21)27-25(30)29-28-18(5)23-16(3)14-26-17(23)4/h6-15,26H,1-5H3,(H,27,29)/b28-18+. The first-order chi connectivity index (χ1) is 14.9. The van der Waals surface area contributed by atoms with Crippen LogP contribution in [0.25, 0.3) is 16.6 Å². The van der Waals surface area contributed by atoms with E-state index in [4.69, 9.17) is 4.98 Å². The molecule has 0 spiro atoms. The summed E-state index contributed by atoms with van der Waals surface area (Å²) in [7, 11) is 0. The summed E-state index contributed by atoms with van der Waals surface area (Å²) in [4.78, 5) is 21.3. The minimum Gasteiger partial charge on any atom is -0.364 e. The molecule has 6 nitrogen and oxygen atoms in total. The van der Waals surface area contributed by atoms with Crippen molar-refractivity contribution in [1.29, 1.82) is 0 Å². The number of para-hydroxylation sites is 1. The van der Waals surface area contributed by atoms with E-state index in [0.717, 1.165) is 28.2 Å². The predicted molar refractivity (Wildman–Crippen MR) is 128 cm³/mol. The van der Waals surface area contributed by atoms with E-state index in [9.17, 15) is 4.79 Å². The molecular weight excluding hydrogens is 386 g/mol. The number of anilines is 1. The Morgan fingerprint density at radius 1 is 1.10 bits per heavy atom. The van der Waals surface area contributed by atoms with Gasteiger partial charge in [-0.2, -0.15) is 5.10 Å². The predicted octanol–water partition coefficient (Wildman–Crippen LogP) is 5.29. The summed E-state index contributed by atoms with van der Waals surface area (Å²) in [6, 6.07) is 15.4. The van der Waals surface area contributed by atoms with Crippen molar-refractivity contribution >= 4 is 22.6 Å². The number of aromatic amines is 1. The molecule has 4 aromatic rings. The summed E-state index contributed by atoms with van der Waals surface area (Å²) in [5, 5.41) is 5.13. The third-order valence-corrected chi connectivity index (χ3v) is 5.55. The molecule has 0 amide bonds. The molecule has 2 N–H and O–H groups in total. The zero-order valence-electron chi connectivity index (χ0n) is 18.5. The van der Waals surface area contributed by atoms with Gasteiger partial charge in [-0.15, -0.1) is 0 Å². The lowest BCUT2D eigenvalue weighted by Gasteiger charge is -2.14. The Hall–Kier alpha value is -3.67. The molecule has 2 aromatic carbocycles. The van der Waals surface area contributed by atoms with E-state index in [2.05, 4.69) is 29.4 Å². The molecule has 0 aliphatic carbocycles. The van der Waals surface area contributed by atoms with Gasteiger partial charge in [-0.3, -0.25) is 4.79 Å². The number of rotatable bonds is 5. The van der Waals surface area contributed by atoms with Gasteiger partial charge in [0.2, 0.25) is 5.95 Å². The molecule has 0 radical (unpaired) electrons. The molecule has 0 atom stereocenters. The van der Waals surface area contributed by atoms with Crippen LogP contribution in [0, 0.1) is 13.8 Å². The zero-order valence-corrected chi connectivity index (χ0v) is 18.5. The number of benzene rings is 2. The van der Waals surface area contributed by atoms with E-state index in [-0.39, 0.29) is 5.56 Å². The summed E-state index contributed by atoms with van der Waals surface area (Å²) >= 11 is 0. The third kappa shape index (κ3) is 3.89. The fourth-order valence-electron chi connectivity index (χ4n) is 3.86. The molecule has 0 aliphatic rings. The number of nitrogens with one attached hydrogen (secondary N) is 2. The maximum absolute atomic E-state index is 13.4. The minimum atomic E-state index is -0.132. The lowest BCUT2D eigenvalue weighted by atomic mass is 10.0.